The van der Waals surface area contributed by atoms with Gasteiger partial charge in [0.15, 0.2) is 0 Å². The quantitative estimate of drug-likeness (QED) is 0.126. The summed E-state index contributed by atoms with van der Waals surface area (Å²) in [7, 11) is -5.68. The van der Waals surface area contributed by atoms with Gasteiger partial charge < -0.3 is 14.0 Å². The van der Waals surface area contributed by atoms with Gasteiger partial charge in [-0.05, 0) is 68.3 Å². The highest BCUT2D eigenvalue weighted by molar-refractivity contribution is 7.00. The van der Waals surface area contributed by atoms with E-state index in [1.807, 2.05) is 0 Å². The molecule has 2 fully saturated rings. The Kier molecular flexibility index (Phi) is 10.4. The molecule has 0 radical (unpaired) electrons. The van der Waals surface area contributed by atoms with Crippen molar-refractivity contribution < 1.29 is 14.0 Å². The van der Waals surface area contributed by atoms with Crippen LogP contribution in [0.25, 0.3) is 0 Å². The highest BCUT2D eigenvalue weighted by Crippen LogP contribution is 2.62. The molecule has 2 aliphatic rings. The molecule has 4 aromatic carbocycles. The van der Waals surface area contributed by atoms with Gasteiger partial charge in [-0.1, -0.05) is 175 Å². The van der Waals surface area contributed by atoms with Gasteiger partial charge in [0.1, 0.15) is 0 Å². The van der Waals surface area contributed by atoms with E-state index < -0.39 is 27.7 Å². The first-order valence-corrected chi connectivity index (χ1v) is 22.5. The molecule has 3 nitrogen and oxygen atoms in total. The molecular weight excluding hydrogens is 645 g/mol. The molecule has 4 aromatic rings. The van der Waals surface area contributed by atoms with Crippen LogP contribution in [0.4, 0.5) is 0 Å². The average Bonchev–Trinajstić information content (AvgIpc) is 3.42. The fourth-order valence-electron chi connectivity index (χ4n) is 10.1. The summed E-state index contributed by atoms with van der Waals surface area (Å²) in [4.78, 5) is 0. The Labute approximate surface area is 304 Å². The van der Waals surface area contributed by atoms with Crippen LogP contribution < -0.4 is 20.7 Å². The lowest BCUT2D eigenvalue weighted by Crippen LogP contribution is -2.70. The van der Waals surface area contributed by atoms with Crippen molar-refractivity contribution in [2.24, 2.45) is 17.3 Å². The van der Waals surface area contributed by atoms with Crippen LogP contribution in [-0.4, -0.2) is 40.6 Å². The predicted molar refractivity (Wildman–Crippen MR) is 215 cm³/mol. The number of hydrogen-bond acceptors (Lipinski definition) is 3. The summed E-state index contributed by atoms with van der Waals surface area (Å²) < 4.78 is 15.5. The molecule has 0 bridgehead atoms. The number of aliphatic hydroxyl groups is 1. The minimum Gasteiger partial charge on any atom is -0.407 e. The van der Waals surface area contributed by atoms with E-state index in [1.54, 1.807) is 0 Å². The molecule has 0 aliphatic heterocycles. The maximum atomic E-state index is 12.9. The molecule has 1 N–H and O–H groups in total. The van der Waals surface area contributed by atoms with Gasteiger partial charge in [0, 0.05) is 18.6 Å². The monoisotopic (exact) mass is 702 g/mol. The zero-order valence-corrected chi connectivity index (χ0v) is 33.2. The smallest absolute Gasteiger partial charge is 0.261 e. The van der Waals surface area contributed by atoms with Crippen molar-refractivity contribution >= 4 is 37.4 Å². The fourth-order valence-corrected chi connectivity index (χ4v) is 19.3. The van der Waals surface area contributed by atoms with Crippen LogP contribution in [-0.2, 0) is 8.85 Å². The predicted octanol–water partition coefficient (Wildman–Crippen LogP) is 8.25. The average molecular weight is 703 g/mol. The van der Waals surface area contributed by atoms with E-state index in [1.165, 1.54) is 20.7 Å². The highest BCUT2D eigenvalue weighted by atomic mass is 28.4. The first-order valence-electron chi connectivity index (χ1n) is 18.7. The van der Waals surface area contributed by atoms with Crippen molar-refractivity contribution in [2.45, 2.75) is 89.3 Å². The van der Waals surface area contributed by atoms with Gasteiger partial charge in [0.25, 0.3) is 16.6 Å². The minimum absolute atomic E-state index is 0.103. The van der Waals surface area contributed by atoms with Gasteiger partial charge >= 0.3 is 0 Å². The summed E-state index contributed by atoms with van der Waals surface area (Å²) >= 11 is 0. The molecule has 0 aromatic heterocycles. The van der Waals surface area contributed by atoms with E-state index in [-0.39, 0.29) is 21.9 Å². The Morgan fingerprint density at radius 1 is 0.640 bits per heavy atom. The van der Waals surface area contributed by atoms with Crippen molar-refractivity contribution in [3.63, 3.8) is 0 Å². The van der Waals surface area contributed by atoms with Crippen molar-refractivity contribution in [2.75, 3.05) is 13.2 Å². The second kappa shape index (κ2) is 14.2. The fraction of sp³-hybridized carbons (Fsp3) is 0.422. The van der Waals surface area contributed by atoms with Gasteiger partial charge in [-0.15, -0.1) is 6.58 Å². The second-order valence-corrected chi connectivity index (χ2v) is 25.6. The van der Waals surface area contributed by atoms with E-state index >= 15 is 0 Å². The van der Waals surface area contributed by atoms with Gasteiger partial charge in [-0.2, -0.15) is 0 Å². The standard InChI is InChI=1S/C45H58O3Si2/c1-8-36-31-33-44(46)32-21-22-37(34-47-49(42(2,3)4,38-23-13-9-14-24-38)39-25-15-10-16-26-39)45(36,44)35-48-50(43(5,6)7,40-27-17-11-18-28-40)41-29-19-12-20-30-41/h8-20,23-30,36-37,46H,1,21-22,31-35H2,2-7H3/t36-,37+,44?,45+/m0/s1. The number of fused-ring (bicyclic) bond motifs is 1. The summed E-state index contributed by atoms with van der Waals surface area (Å²) in [6.45, 7) is 19.5. The number of hydrogen-bond donors (Lipinski definition) is 1. The molecule has 4 atom stereocenters. The lowest BCUT2D eigenvalue weighted by Gasteiger charge is -2.56. The third-order valence-corrected chi connectivity index (χ3v) is 22.4. The Hall–Kier alpha value is -3.07. The molecule has 6 rings (SSSR count). The van der Waals surface area contributed by atoms with Gasteiger partial charge in [-0.25, -0.2) is 0 Å². The van der Waals surface area contributed by atoms with E-state index in [0.29, 0.717) is 13.2 Å². The largest absolute Gasteiger partial charge is 0.407 e. The van der Waals surface area contributed by atoms with Crippen molar-refractivity contribution in [3.8, 4) is 0 Å². The van der Waals surface area contributed by atoms with Gasteiger partial charge in [0.05, 0.1) is 5.60 Å². The van der Waals surface area contributed by atoms with Crippen LogP contribution in [0.5, 0.6) is 0 Å². The van der Waals surface area contributed by atoms with E-state index in [0.717, 1.165) is 32.1 Å². The summed E-state index contributed by atoms with van der Waals surface area (Å²) in [5.74, 6) is 0.227. The number of allylic oxidation sites excluding steroid dienone is 1. The number of rotatable bonds is 11. The maximum Gasteiger partial charge on any atom is 0.261 e. The van der Waals surface area contributed by atoms with Gasteiger partial charge in [-0.3, -0.25) is 0 Å². The van der Waals surface area contributed by atoms with Crippen molar-refractivity contribution in [1.82, 2.24) is 0 Å². The van der Waals surface area contributed by atoms with E-state index in [4.69, 9.17) is 8.85 Å². The van der Waals surface area contributed by atoms with Crippen LogP contribution in [0.15, 0.2) is 134 Å². The molecule has 0 heterocycles. The van der Waals surface area contributed by atoms with Gasteiger partial charge in [0.2, 0.25) is 0 Å². The minimum atomic E-state index is -2.88. The summed E-state index contributed by atoms with van der Waals surface area (Å²) in [5, 5.41) is 17.7. The van der Waals surface area contributed by atoms with Crippen LogP contribution in [0.1, 0.15) is 73.6 Å². The Balaban J connectivity index is 1.48. The lowest BCUT2D eigenvalue weighted by molar-refractivity contribution is -0.161. The molecule has 0 spiro atoms. The highest BCUT2D eigenvalue weighted by Gasteiger charge is 2.65. The summed E-state index contributed by atoms with van der Waals surface area (Å²) in [6.07, 6.45) is 6.58. The first-order chi connectivity index (χ1) is 23.9. The molecule has 2 saturated carbocycles. The Bertz CT molecular complexity index is 1620. The van der Waals surface area contributed by atoms with E-state index in [9.17, 15) is 5.11 Å². The van der Waals surface area contributed by atoms with Crippen molar-refractivity contribution in [1.29, 1.82) is 0 Å². The maximum absolute atomic E-state index is 12.9. The summed E-state index contributed by atoms with van der Waals surface area (Å²) in [5.41, 5.74) is -1.37. The van der Waals surface area contributed by atoms with Crippen LogP contribution in [0.3, 0.4) is 0 Å². The van der Waals surface area contributed by atoms with Crippen molar-refractivity contribution in [3.05, 3.63) is 134 Å². The molecule has 2 aliphatic carbocycles. The molecule has 0 saturated heterocycles. The number of benzene rings is 4. The normalized spacial score (nSPS) is 24.5. The zero-order chi connectivity index (χ0) is 35.7. The topological polar surface area (TPSA) is 38.7 Å². The molecular formula is C45H58O3Si2. The zero-order valence-electron chi connectivity index (χ0n) is 31.2. The van der Waals surface area contributed by atoms with Crippen LogP contribution >= 0.6 is 0 Å². The Morgan fingerprint density at radius 3 is 1.42 bits per heavy atom. The molecule has 50 heavy (non-hydrogen) atoms. The molecule has 264 valence electrons. The summed E-state index contributed by atoms with van der Waals surface area (Å²) in [6, 6.07) is 43.7. The molecule has 5 heteroatoms. The third kappa shape index (κ3) is 6.03. The van der Waals surface area contributed by atoms with E-state index in [2.05, 4.69) is 176 Å². The van der Waals surface area contributed by atoms with Crippen LogP contribution in [0, 0.1) is 17.3 Å². The lowest BCUT2D eigenvalue weighted by atomic mass is 9.56. The van der Waals surface area contributed by atoms with Crippen LogP contribution in [0.2, 0.25) is 10.1 Å². The molecule has 0 amide bonds. The SMILES string of the molecule is C=C[C@H]1CCC2(O)CCC[C@H](CO[Si](c3ccccc3)(c3ccccc3)C(C)(C)C)[C@@]12CO[Si](c1ccccc1)(c1ccccc1)C(C)(C)C. The second-order valence-electron chi connectivity index (χ2n) is 17.0. The first kappa shape index (κ1) is 36.7. The third-order valence-electron chi connectivity index (χ3n) is 12.4. The Morgan fingerprint density at radius 2 is 1.04 bits per heavy atom. The molecule has 1 unspecified atom stereocenters.